The highest BCUT2D eigenvalue weighted by atomic mass is 16.5. The summed E-state index contributed by atoms with van der Waals surface area (Å²) in [7, 11) is 1.36. The lowest BCUT2D eigenvalue weighted by molar-refractivity contribution is -0.140. The van der Waals surface area contributed by atoms with Gasteiger partial charge < -0.3 is 16.2 Å². The molecule has 0 saturated carbocycles. The number of hydrogen-bond donors (Lipinski definition) is 2. The smallest absolute Gasteiger partial charge is 0.307 e. The fraction of sp³-hybridized carbons (Fsp3) is 0.364. The number of benzene rings is 1. The molecular formula is C11H16N2O2. The lowest BCUT2D eigenvalue weighted by Crippen LogP contribution is -2.26. The minimum absolute atomic E-state index is 0.207. The topological polar surface area (TPSA) is 78.3 Å². The molecule has 0 aliphatic heterocycles. The second-order valence-electron chi connectivity index (χ2n) is 3.49. The van der Waals surface area contributed by atoms with Gasteiger partial charge in [-0.15, -0.1) is 0 Å². The van der Waals surface area contributed by atoms with Crippen LogP contribution >= 0.6 is 0 Å². The molecule has 0 spiro atoms. The van der Waals surface area contributed by atoms with Gasteiger partial charge in [-0.1, -0.05) is 12.1 Å². The summed E-state index contributed by atoms with van der Waals surface area (Å²) < 4.78 is 4.54. The number of anilines is 1. The molecule has 0 amide bonds. The molecule has 4 heteroatoms. The highest BCUT2D eigenvalue weighted by Crippen LogP contribution is 2.08. The normalized spacial score (nSPS) is 12.1. The van der Waals surface area contributed by atoms with Gasteiger partial charge in [0.15, 0.2) is 0 Å². The van der Waals surface area contributed by atoms with E-state index in [1.54, 1.807) is 0 Å². The summed E-state index contributed by atoms with van der Waals surface area (Å²) in [4.78, 5) is 10.9. The fourth-order valence-corrected chi connectivity index (χ4v) is 1.33. The van der Waals surface area contributed by atoms with Gasteiger partial charge in [0.05, 0.1) is 13.5 Å². The molecule has 1 atom stereocenters. The van der Waals surface area contributed by atoms with Crippen molar-refractivity contribution in [1.29, 1.82) is 0 Å². The van der Waals surface area contributed by atoms with E-state index in [-0.39, 0.29) is 18.4 Å². The summed E-state index contributed by atoms with van der Waals surface area (Å²) in [6.45, 7) is 0. The van der Waals surface area contributed by atoms with Gasteiger partial charge in [0, 0.05) is 11.7 Å². The van der Waals surface area contributed by atoms with Gasteiger partial charge >= 0.3 is 5.97 Å². The predicted octanol–water partition coefficient (Wildman–Crippen LogP) is 0.702. The molecule has 1 rings (SSSR count). The molecule has 0 saturated heterocycles. The van der Waals surface area contributed by atoms with Crippen LogP contribution in [0.3, 0.4) is 0 Å². The third-order valence-corrected chi connectivity index (χ3v) is 2.13. The molecule has 82 valence electrons. The Morgan fingerprint density at radius 2 is 2.00 bits per heavy atom. The van der Waals surface area contributed by atoms with Gasteiger partial charge in [-0.05, 0) is 24.1 Å². The van der Waals surface area contributed by atoms with E-state index in [1.165, 1.54) is 7.11 Å². The van der Waals surface area contributed by atoms with Gasteiger partial charge in [0.25, 0.3) is 0 Å². The van der Waals surface area contributed by atoms with Crippen LogP contribution in [0.25, 0.3) is 0 Å². The minimum atomic E-state index is -0.280. The third kappa shape index (κ3) is 3.99. The third-order valence-electron chi connectivity index (χ3n) is 2.13. The maximum absolute atomic E-state index is 10.9. The van der Waals surface area contributed by atoms with Gasteiger partial charge in [0.2, 0.25) is 0 Å². The average Bonchev–Trinajstić information content (AvgIpc) is 2.21. The monoisotopic (exact) mass is 208 g/mol. The Morgan fingerprint density at radius 1 is 1.40 bits per heavy atom. The van der Waals surface area contributed by atoms with Gasteiger partial charge in [-0.2, -0.15) is 0 Å². The quantitative estimate of drug-likeness (QED) is 0.564. The van der Waals surface area contributed by atoms with E-state index in [1.807, 2.05) is 24.3 Å². The number of ether oxygens (including phenoxy) is 1. The minimum Gasteiger partial charge on any atom is -0.469 e. The van der Waals surface area contributed by atoms with Crippen molar-refractivity contribution in [2.75, 3.05) is 12.8 Å². The molecule has 0 unspecified atom stereocenters. The Hall–Kier alpha value is -1.55. The van der Waals surface area contributed by atoms with Crippen LogP contribution in [0.2, 0.25) is 0 Å². The molecule has 1 aromatic rings. The fourth-order valence-electron chi connectivity index (χ4n) is 1.33. The maximum atomic E-state index is 10.9. The van der Waals surface area contributed by atoms with Crippen LogP contribution in [-0.4, -0.2) is 19.1 Å². The summed E-state index contributed by atoms with van der Waals surface area (Å²) in [6, 6.07) is 7.25. The zero-order valence-corrected chi connectivity index (χ0v) is 8.77. The number of carbonyl (C=O) groups is 1. The van der Waals surface area contributed by atoms with Crippen molar-refractivity contribution in [2.45, 2.75) is 18.9 Å². The van der Waals surface area contributed by atoms with E-state index >= 15 is 0 Å². The molecule has 0 bridgehead atoms. The number of hydrogen-bond acceptors (Lipinski definition) is 4. The molecular weight excluding hydrogens is 192 g/mol. The molecule has 0 heterocycles. The van der Waals surface area contributed by atoms with Crippen molar-refractivity contribution in [1.82, 2.24) is 0 Å². The highest BCUT2D eigenvalue weighted by Gasteiger charge is 2.09. The van der Waals surface area contributed by atoms with Crippen molar-refractivity contribution < 1.29 is 9.53 Å². The molecule has 1 aromatic carbocycles. The van der Waals surface area contributed by atoms with E-state index in [4.69, 9.17) is 11.5 Å². The largest absolute Gasteiger partial charge is 0.469 e. The molecule has 0 aromatic heterocycles. The summed E-state index contributed by atoms with van der Waals surface area (Å²) in [5.74, 6) is -0.280. The Kier molecular flexibility index (Phi) is 4.12. The summed E-state index contributed by atoms with van der Waals surface area (Å²) >= 11 is 0. The molecule has 0 aliphatic carbocycles. The Balaban J connectivity index is 2.47. The number of methoxy groups -OCH3 is 1. The zero-order valence-electron chi connectivity index (χ0n) is 8.77. The molecule has 4 N–H and O–H groups in total. The second kappa shape index (κ2) is 5.36. The van der Waals surface area contributed by atoms with Gasteiger partial charge in [-0.25, -0.2) is 0 Å². The summed E-state index contributed by atoms with van der Waals surface area (Å²) in [5.41, 5.74) is 13.1. The number of nitrogens with two attached hydrogens (primary N) is 2. The average molecular weight is 208 g/mol. The molecule has 15 heavy (non-hydrogen) atoms. The molecule has 0 fully saturated rings. The Morgan fingerprint density at radius 3 is 2.53 bits per heavy atom. The second-order valence-corrected chi connectivity index (χ2v) is 3.49. The summed E-state index contributed by atoms with van der Waals surface area (Å²) in [6.07, 6.45) is 0.885. The first-order valence-electron chi connectivity index (χ1n) is 4.78. The van der Waals surface area contributed by atoms with Crippen LogP contribution in [0.5, 0.6) is 0 Å². The highest BCUT2D eigenvalue weighted by molar-refractivity contribution is 5.69. The van der Waals surface area contributed by atoms with E-state index in [0.29, 0.717) is 6.42 Å². The van der Waals surface area contributed by atoms with Crippen molar-refractivity contribution >= 4 is 11.7 Å². The Bertz CT molecular complexity index is 322. The van der Waals surface area contributed by atoms with Gasteiger partial charge in [0.1, 0.15) is 0 Å². The van der Waals surface area contributed by atoms with Crippen molar-refractivity contribution in [3.63, 3.8) is 0 Å². The van der Waals surface area contributed by atoms with Crippen LogP contribution in [0.15, 0.2) is 24.3 Å². The van der Waals surface area contributed by atoms with Crippen LogP contribution in [0, 0.1) is 0 Å². The first-order valence-corrected chi connectivity index (χ1v) is 4.78. The molecule has 4 nitrogen and oxygen atoms in total. The maximum Gasteiger partial charge on any atom is 0.307 e. The van der Waals surface area contributed by atoms with E-state index in [0.717, 1.165) is 11.3 Å². The standard InChI is InChI=1S/C11H16N2O2/c1-15-11(14)7-10(13)6-8-2-4-9(12)5-3-8/h2-5,10H,6-7,12-13H2,1H3/t10-/m0/s1. The first kappa shape index (κ1) is 11.5. The van der Waals surface area contributed by atoms with Crippen LogP contribution < -0.4 is 11.5 Å². The van der Waals surface area contributed by atoms with Crippen LogP contribution in [0.4, 0.5) is 5.69 Å². The Labute approximate surface area is 89.2 Å². The zero-order chi connectivity index (χ0) is 11.3. The van der Waals surface area contributed by atoms with Crippen molar-refractivity contribution in [2.24, 2.45) is 5.73 Å². The van der Waals surface area contributed by atoms with Crippen LogP contribution in [0.1, 0.15) is 12.0 Å². The van der Waals surface area contributed by atoms with Gasteiger partial charge in [-0.3, -0.25) is 4.79 Å². The number of esters is 1. The number of rotatable bonds is 4. The van der Waals surface area contributed by atoms with E-state index in [9.17, 15) is 4.79 Å². The first-order chi connectivity index (χ1) is 7.11. The van der Waals surface area contributed by atoms with E-state index < -0.39 is 0 Å². The van der Waals surface area contributed by atoms with Crippen molar-refractivity contribution in [3.8, 4) is 0 Å². The lowest BCUT2D eigenvalue weighted by Gasteiger charge is -2.10. The molecule has 0 aliphatic rings. The van der Waals surface area contributed by atoms with Crippen molar-refractivity contribution in [3.05, 3.63) is 29.8 Å². The van der Waals surface area contributed by atoms with E-state index in [2.05, 4.69) is 4.74 Å². The summed E-state index contributed by atoms with van der Waals surface area (Å²) in [5, 5.41) is 0. The number of nitrogen functional groups attached to an aromatic ring is 1. The molecule has 0 radical (unpaired) electrons. The number of carbonyl (C=O) groups excluding carboxylic acids is 1. The predicted molar refractivity (Wildman–Crippen MR) is 59.2 cm³/mol. The SMILES string of the molecule is COC(=O)C[C@@H](N)Cc1ccc(N)cc1. The van der Waals surface area contributed by atoms with Crippen LogP contribution in [-0.2, 0) is 16.0 Å². The lowest BCUT2D eigenvalue weighted by atomic mass is 10.0.